The molecule has 0 spiro atoms. The average Bonchev–Trinajstić information content (AvgIpc) is 3.09. The summed E-state index contributed by atoms with van der Waals surface area (Å²) in [6, 6.07) is 3.85. The van der Waals surface area contributed by atoms with Crippen molar-refractivity contribution in [3.8, 4) is 0 Å². The second kappa shape index (κ2) is 10.4. The number of hydrogen-bond acceptors (Lipinski definition) is 6. The van der Waals surface area contributed by atoms with Crippen LogP contribution < -0.4 is 10.6 Å². The van der Waals surface area contributed by atoms with Crippen LogP contribution in [0.5, 0.6) is 0 Å². The van der Waals surface area contributed by atoms with Crippen LogP contribution in [0.2, 0.25) is 0 Å². The van der Waals surface area contributed by atoms with Crippen molar-refractivity contribution >= 4 is 30.1 Å². The molecule has 1 fully saturated rings. The molecule has 0 aliphatic carbocycles. The molecule has 1 heterocycles. The zero-order valence-electron chi connectivity index (χ0n) is 21.4. The molecule has 0 unspecified atom stereocenters. The van der Waals surface area contributed by atoms with E-state index in [-0.39, 0.29) is 13.0 Å². The van der Waals surface area contributed by atoms with Crippen LogP contribution in [-0.4, -0.2) is 59.6 Å². The minimum atomic E-state index is -0.938. The van der Waals surface area contributed by atoms with Crippen molar-refractivity contribution in [3.05, 3.63) is 29.3 Å². The summed E-state index contributed by atoms with van der Waals surface area (Å²) in [7, 11) is 0. The van der Waals surface area contributed by atoms with E-state index in [0.717, 1.165) is 11.1 Å². The Labute approximate surface area is 201 Å². The Morgan fingerprint density at radius 2 is 1.74 bits per heavy atom. The zero-order chi connectivity index (χ0) is 25.8. The van der Waals surface area contributed by atoms with Crippen LogP contribution in [0.15, 0.2) is 18.2 Å². The Morgan fingerprint density at radius 1 is 1.09 bits per heavy atom. The number of carbonyl (C=O) groups excluding carboxylic acids is 4. The standard InChI is InChI=1S/C25H37N3O6/c1-15-10-9-11-19(16(15)2)26-22(31)33-18-12-17(14-29)28(13-18)21(30)20(24(3,4)5)27-23(32)34-25(6,7)8/h9-11,14,17-18,20H,12-13H2,1-8H3,(H,26,31)(H,27,32)/t17-,18+,20+/m0/s1. The molecule has 3 atom stereocenters. The van der Waals surface area contributed by atoms with E-state index < -0.39 is 47.3 Å². The molecule has 0 saturated carbocycles. The number of alkyl carbamates (subject to hydrolysis) is 1. The fourth-order valence-corrected chi connectivity index (χ4v) is 3.71. The number of likely N-dealkylation sites (tertiary alicyclic amines) is 1. The summed E-state index contributed by atoms with van der Waals surface area (Å²) in [6.45, 7) is 14.5. The molecule has 0 bridgehead atoms. The third-order valence-electron chi connectivity index (χ3n) is 5.63. The summed E-state index contributed by atoms with van der Waals surface area (Å²) in [4.78, 5) is 51.4. The van der Waals surface area contributed by atoms with Crippen LogP contribution in [0.4, 0.5) is 15.3 Å². The van der Waals surface area contributed by atoms with E-state index in [2.05, 4.69) is 10.6 Å². The first-order chi connectivity index (χ1) is 15.6. The highest BCUT2D eigenvalue weighted by Crippen LogP contribution is 2.27. The lowest BCUT2D eigenvalue weighted by atomic mass is 9.85. The number of aldehydes is 1. The second-order valence-electron chi connectivity index (χ2n) is 10.8. The van der Waals surface area contributed by atoms with E-state index >= 15 is 0 Å². The third-order valence-corrected chi connectivity index (χ3v) is 5.63. The predicted octanol–water partition coefficient (Wildman–Crippen LogP) is 3.96. The number of rotatable bonds is 5. The van der Waals surface area contributed by atoms with Crippen molar-refractivity contribution in [3.63, 3.8) is 0 Å². The molecule has 0 aromatic heterocycles. The Bertz CT molecular complexity index is 932. The largest absolute Gasteiger partial charge is 0.444 e. The summed E-state index contributed by atoms with van der Waals surface area (Å²) in [5.41, 5.74) is 1.21. The fourth-order valence-electron chi connectivity index (χ4n) is 3.71. The normalized spacial score (nSPS) is 19.2. The van der Waals surface area contributed by atoms with Gasteiger partial charge in [-0.05, 0) is 57.2 Å². The van der Waals surface area contributed by atoms with E-state index in [9.17, 15) is 19.2 Å². The van der Waals surface area contributed by atoms with Crippen LogP contribution in [-0.2, 0) is 19.1 Å². The third kappa shape index (κ3) is 7.20. The number of aryl methyl sites for hydroxylation is 1. The first-order valence-corrected chi connectivity index (χ1v) is 11.4. The lowest BCUT2D eigenvalue weighted by Crippen LogP contribution is -2.56. The van der Waals surface area contributed by atoms with Crippen molar-refractivity contribution in [2.24, 2.45) is 5.41 Å². The van der Waals surface area contributed by atoms with Crippen molar-refractivity contribution in [2.75, 3.05) is 11.9 Å². The van der Waals surface area contributed by atoms with Crippen LogP contribution in [0.25, 0.3) is 0 Å². The Morgan fingerprint density at radius 3 is 2.29 bits per heavy atom. The smallest absolute Gasteiger partial charge is 0.411 e. The Balaban J connectivity index is 2.10. The number of ether oxygens (including phenoxy) is 2. The van der Waals surface area contributed by atoms with Gasteiger partial charge in [0, 0.05) is 12.1 Å². The van der Waals surface area contributed by atoms with Crippen molar-refractivity contribution in [1.29, 1.82) is 0 Å². The van der Waals surface area contributed by atoms with Gasteiger partial charge in [-0.1, -0.05) is 32.9 Å². The topological polar surface area (TPSA) is 114 Å². The van der Waals surface area contributed by atoms with Gasteiger partial charge in [0.2, 0.25) is 5.91 Å². The van der Waals surface area contributed by atoms with Gasteiger partial charge < -0.3 is 24.5 Å². The maximum atomic E-state index is 13.4. The van der Waals surface area contributed by atoms with Gasteiger partial charge in [0.05, 0.1) is 12.6 Å². The van der Waals surface area contributed by atoms with E-state index in [0.29, 0.717) is 12.0 Å². The molecule has 1 aliphatic rings. The summed E-state index contributed by atoms with van der Waals surface area (Å²) in [5.74, 6) is -0.434. The van der Waals surface area contributed by atoms with Crippen LogP contribution in [0, 0.1) is 19.3 Å². The molecule has 1 aromatic rings. The van der Waals surface area contributed by atoms with Gasteiger partial charge in [-0.2, -0.15) is 0 Å². The molecule has 1 aliphatic heterocycles. The number of amides is 3. The molecule has 3 amide bonds. The molecule has 2 rings (SSSR count). The quantitative estimate of drug-likeness (QED) is 0.623. The molecular formula is C25H37N3O6. The van der Waals surface area contributed by atoms with Crippen LogP contribution in [0.1, 0.15) is 59.1 Å². The zero-order valence-corrected chi connectivity index (χ0v) is 21.4. The van der Waals surface area contributed by atoms with Gasteiger partial charge in [0.25, 0.3) is 0 Å². The minimum absolute atomic E-state index is 0.0467. The number of nitrogens with zero attached hydrogens (tertiary/aromatic N) is 1. The Hall–Kier alpha value is -3.10. The number of anilines is 1. The maximum absolute atomic E-state index is 13.4. The van der Waals surface area contributed by atoms with E-state index in [1.165, 1.54) is 4.90 Å². The van der Waals surface area contributed by atoms with Crippen molar-refractivity contribution in [1.82, 2.24) is 10.2 Å². The van der Waals surface area contributed by atoms with Gasteiger partial charge >= 0.3 is 12.2 Å². The molecule has 0 radical (unpaired) electrons. The number of carbonyl (C=O) groups is 4. The van der Waals surface area contributed by atoms with E-state index in [1.807, 2.05) is 46.8 Å². The predicted molar refractivity (Wildman–Crippen MR) is 129 cm³/mol. The van der Waals surface area contributed by atoms with E-state index in [4.69, 9.17) is 9.47 Å². The number of hydrogen-bond donors (Lipinski definition) is 2. The summed E-state index contributed by atoms with van der Waals surface area (Å²) >= 11 is 0. The van der Waals surface area contributed by atoms with Crippen molar-refractivity contribution in [2.45, 2.75) is 85.6 Å². The highest BCUT2D eigenvalue weighted by molar-refractivity contribution is 5.89. The van der Waals surface area contributed by atoms with Crippen molar-refractivity contribution < 1.29 is 28.7 Å². The molecular weight excluding hydrogens is 438 g/mol. The molecule has 1 saturated heterocycles. The fraction of sp³-hybridized carbons (Fsp3) is 0.600. The highest BCUT2D eigenvalue weighted by Gasteiger charge is 2.43. The first kappa shape index (κ1) is 27.1. The van der Waals surface area contributed by atoms with Gasteiger partial charge in [0.15, 0.2) is 0 Å². The number of benzene rings is 1. The van der Waals surface area contributed by atoms with E-state index in [1.54, 1.807) is 26.8 Å². The maximum Gasteiger partial charge on any atom is 0.411 e. The van der Waals surface area contributed by atoms with Gasteiger partial charge in [-0.3, -0.25) is 10.1 Å². The summed E-state index contributed by atoms with van der Waals surface area (Å²) < 4.78 is 10.8. The molecule has 9 heteroatoms. The average molecular weight is 476 g/mol. The first-order valence-electron chi connectivity index (χ1n) is 11.4. The van der Waals surface area contributed by atoms with Gasteiger partial charge in [0.1, 0.15) is 24.0 Å². The molecule has 188 valence electrons. The monoisotopic (exact) mass is 475 g/mol. The lowest BCUT2D eigenvalue weighted by molar-refractivity contribution is -0.139. The van der Waals surface area contributed by atoms with Gasteiger partial charge in [-0.25, -0.2) is 9.59 Å². The molecule has 9 nitrogen and oxygen atoms in total. The second-order valence-corrected chi connectivity index (χ2v) is 10.8. The summed E-state index contributed by atoms with van der Waals surface area (Å²) in [6.07, 6.45) is -1.19. The SMILES string of the molecule is Cc1cccc(NC(=O)O[C@@H]2C[C@@H](C=O)N(C(=O)[C@@H](NC(=O)OC(C)(C)C)C(C)(C)C)C2)c1C. The molecule has 34 heavy (non-hydrogen) atoms. The molecule has 1 aromatic carbocycles. The summed E-state index contributed by atoms with van der Waals surface area (Å²) in [5, 5.41) is 5.37. The molecule has 2 N–H and O–H groups in total. The van der Waals surface area contributed by atoms with Crippen LogP contribution >= 0.6 is 0 Å². The lowest BCUT2D eigenvalue weighted by Gasteiger charge is -2.35. The highest BCUT2D eigenvalue weighted by atomic mass is 16.6. The van der Waals surface area contributed by atoms with Gasteiger partial charge in [-0.15, -0.1) is 0 Å². The number of nitrogens with one attached hydrogen (secondary N) is 2. The Kier molecular flexibility index (Phi) is 8.34. The van der Waals surface area contributed by atoms with Crippen LogP contribution in [0.3, 0.4) is 0 Å². The minimum Gasteiger partial charge on any atom is -0.444 e.